The third-order valence-corrected chi connectivity index (χ3v) is 4.99. The number of furan rings is 1. The van der Waals surface area contributed by atoms with E-state index < -0.39 is 0 Å². The predicted molar refractivity (Wildman–Crippen MR) is 87.1 cm³/mol. The van der Waals surface area contributed by atoms with E-state index in [1.165, 1.54) is 24.1 Å². The summed E-state index contributed by atoms with van der Waals surface area (Å²) in [5, 5.41) is 4.67. The van der Waals surface area contributed by atoms with Crippen molar-refractivity contribution < 1.29 is 9.15 Å². The molecule has 3 heterocycles. The third-order valence-electron chi connectivity index (χ3n) is 4.99. The summed E-state index contributed by atoms with van der Waals surface area (Å²) in [6.07, 6.45) is 5.81. The summed E-state index contributed by atoms with van der Waals surface area (Å²) in [6, 6.07) is 4.37. The van der Waals surface area contributed by atoms with Gasteiger partial charge in [0.25, 0.3) is 0 Å². The molecule has 5 heteroatoms. The average molecular weight is 315 g/mol. The van der Waals surface area contributed by atoms with Crippen LogP contribution in [-0.2, 0) is 24.2 Å². The lowest BCUT2D eigenvalue weighted by Crippen LogP contribution is -2.38. The fourth-order valence-electron chi connectivity index (χ4n) is 3.60. The maximum Gasteiger partial charge on any atom is 0.118 e. The average Bonchev–Trinajstić information content (AvgIpc) is 3.12. The standard InChI is InChI=1S/C18H25N3O2/c1-13-3-6-16(23-13)11-20-8-7-15-9-19-21(10-14-4-5-14)18(15)17(20)12-22-2/h3,6,9,14,17H,4-5,7-8,10-12H2,1-2H3/t17-/m0/s1. The number of nitrogens with zero attached hydrogens (tertiary/aromatic N) is 3. The van der Waals surface area contributed by atoms with Crippen LogP contribution in [0.15, 0.2) is 22.7 Å². The lowest BCUT2D eigenvalue weighted by molar-refractivity contribution is 0.0679. The van der Waals surface area contributed by atoms with Crippen LogP contribution in [0.2, 0.25) is 0 Å². The molecular weight excluding hydrogens is 290 g/mol. The molecule has 0 aromatic carbocycles. The summed E-state index contributed by atoms with van der Waals surface area (Å²) >= 11 is 0. The number of aryl methyl sites for hydroxylation is 1. The van der Waals surface area contributed by atoms with Crippen molar-refractivity contribution in [1.29, 1.82) is 0 Å². The second-order valence-electron chi connectivity index (χ2n) is 6.88. The van der Waals surface area contributed by atoms with Gasteiger partial charge in [0, 0.05) is 20.2 Å². The van der Waals surface area contributed by atoms with Crippen LogP contribution in [-0.4, -0.2) is 34.9 Å². The molecule has 1 saturated carbocycles. The van der Waals surface area contributed by atoms with Gasteiger partial charge in [-0.3, -0.25) is 9.58 Å². The van der Waals surface area contributed by atoms with Gasteiger partial charge in [-0.2, -0.15) is 5.10 Å². The summed E-state index contributed by atoms with van der Waals surface area (Å²) in [6.45, 7) is 5.60. The molecule has 1 fully saturated rings. The van der Waals surface area contributed by atoms with Gasteiger partial charge in [-0.1, -0.05) is 0 Å². The van der Waals surface area contributed by atoms with E-state index in [-0.39, 0.29) is 6.04 Å². The van der Waals surface area contributed by atoms with Crippen molar-refractivity contribution in [2.75, 3.05) is 20.3 Å². The molecule has 0 bridgehead atoms. The summed E-state index contributed by atoms with van der Waals surface area (Å²) in [7, 11) is 1.78. The Bertz CT molecular complexity index is 672. The minimum absolute atomic E-state index is 0.260. The second kappa shape index (κ2) is 6.13. The minimum atomic E-state index is 0.260. The number of rotatable bonds is 6. The molecule has 5 nitrogen and oxygen atoms in total. The largest absolute Gasteiger partial charge is 0.465 e. The van der Waals surface area contributed by atoms with Gasteiger partial charge in [0.05, 0.1) is 31.1 Å². The molecule has 0 radical (unpaired) electrons. The van der Waals surface area contributed by atoms with Crippen molar-refractivity contribution >= 4 is 0 Å². The Morgan fingerprint density at radius 3 is 2.91 bits per heavy atom. The highest BCUT2D eigenvalue weighted by molar-refractivity contribution is 5.25. The van der Waals surface area contributed by atoms with Crippen LogP contribution < -0.4 is 0 Å². The highest BCUT2D eigenvalue weighted by Gasteiger charge is 2.33. The normalized spacial score (nSPS) is 21.6. The number of ether oxygens (including phenoxy) is 1. The first-order valence-electron chi connectivity index (χ1n) is 8.57. The molecule has 0 spiro atoms. The fourth-order valence-corrected chi connectivity index (χ4v) is 3.60. The van der Waals surface area contributed by atoms with Crippen molar-refractivity contribution in [3.8, 4) is 0 Å². The van der Waals surface area contributed by atoms with Crippen molar-refractivity contribution in [2.24, 2.45) is 5.92 Å². The highest BCUT2D eigenvalue weighted by Crippen LogP contribution is 2.35. The van der Waals surface area contributed by atoms with E-state index in [9.17, 15) is 0 Å². The molecule has 0 unspecified atom stereocenters. The first-order chi connectivity index (χ1) is 11.2. The van der Waals surface area contributed by atoms with Crippen LogP contribution in [0.3, 0.4) is 0 Å². The predicted octanol–water partition coefficient (Wildman–Crippen LogP) is 2.94. The van der Waals surface area contributed by atoms with Crippen LogP contribution in [0, 0.1) is 12.8 Å². The number of methoxy groups -OCH3 is 1. The molecule has 1 aliphatic heterocycles. The van der Waals surface area contributed by atoms with Crippen molar-refractivity contribution in [2.45, 2.75) is 45.3 Å². The van der Waals surface area contributed by atoms with Crippen molar-refractivity contribution in [3.63, 3.8) is 0 Å². The van der Waals surface area contributed by atoms with Gasteiger partial charge in [-0.05, 0) is 49.8 Å². The van der Waals surface area contributed by atoms with Crippen LogP contribution >= 0.6 is 0 Å². The summed E-state index contributed by atoms with van der Waals surface area (Å²) in [5.41, 5.74) is 2.74. The monoisotopic (exact) mass is 315 g/mol. The first-order valence-corrected chi connectivity index (χ1v) is 8.57. The number of hydrogen-bond acceptors (Lipinski definition) is 4. The molecule has 2 aliphatic rings. The molecular formula is C18H25N3O2. The van der Waals surface area contributed by atoms with Crippen molar-refractivity contribution in [1.82, 2.24) is 14.7 Å². The first kappa shape index (κ1) is 15.0. The van der Waals surface area contributed by atoms with E-state index in [1.54, 1.807) is 7.11 Å². The van der Waals surface area contributed by atoms with Crippen LogP contribution in [0.4, 0.5) is 0 Å². The Morgan fingerprint density at radius 1 is 1.35 bits per heavy atom. The van der Waals surface area contributed by atoms with Gasteiger partial charge in [0.1, 0.15) is 11.5 Å². The molecule has 0 N–H and O–H groups in total. The van der Waals surface area contributed by atoms with E-state index in [4.69, 9.17) is 9.15 Å². The van der Waals surface area contributed by atoms with Gasteiger partial charge in [-0.15, -0.1) is 0 Å². The van der Waals surface area contributed by atoms with Crippen LogP contribution in [0.25, 0.3) is 0 Å². The third kappa shape index (κ3) is 3.08. The zero-order valence-electron chi connectivity index (χ0n) is 14.0. The molecule has 124 valence electrons. The van der Waals surface area contributed by atoms with Crippen LogP contribution in [0.1, 0.15) is 41.7 Å². The Hall–Kier alpha value is -1.59. The maximum atomic E-state index is 5.78. The van der Waals surface area contributed by atoms with E-state index in [0.29, 0.717) is 6.61 Å². The second-order valence-corrected chi connectivity index (χ2v) is 6.88. The lowest BCUT2D eigenvalue weighted by Gasteiger charge is -2.35. The van der Waals surface area contributed by atoms with E-state index in [1.807, 2.05) is 13.0 Å². The van der Waals surface area contributed by atoms with Gasteiger partial charge < -0.3 is 9.15 Å². The van der Waals surface area contributed by atoms with E-state index >= 15 is 0 Å². The van der Waals surface area contributed by atoms with Gasteiger partial charge in [0.15, 0.2) is 0 Å². The Morgan fingerprint density at radius 2 is 2.22 bits per heavy atom. The highest BCUT2D eigenvalue weighted by atomic mass is 16.5. The molecule has 2 aromatic heterocycles. The Balaban J connectivity index is 1.59. The van der Waals surface area contributed by atoms with Gasteiger partial charge in [0.2, 0.25) is 0 Å². The number of aromatic nitrogens is 2. The number of hydrogen-bond donors (Lipinski definition) is 0. The molecule has 0 saturated heterocycles. The summed E-state index contributed by atoms with van der Waals surface area (Å²) in [5.74, 6) is 2.82. The summed E-state index contributed by atoms with van der Waals surface area (Å²) < 4.78 is 13.6. The van der Waals surface area contributed by atoms with Crippen molar-refractivity contribution in [3.05, 3.63) is 41.1 Å². The number of fused-ring (bicyclic) bond motifs is 1. The fraction of sp³-hybridized carbons (Fsp3) is 0.611. The molecule has 23 heavy (non-hydrogen) atoms. The topological polar surface area (TPSA) is 43.4 Å². The molecule has 1 aliphatic carbocycles. The molecule has 4 rings (SSSR count). The molecule has 0 amide bonds. The Labute approximate surface area is 137 Å². The van der Waals surface area contributed by atoms with Crippen LogP contribution in [0.5, 0.6) is 0 Å². The zero-order valence-corrected chi connectivity index (χ0v) is 14.0. The molecule has 1 atom stereocenters. The zero-order chi connectivity index (χ0) is 15.8. The van der Waals surface area contributed by atoms with E-state index in [0.717, 1.165) is 43.5 Å². The van der Waals surface area contributed by atoms with E-state index in [2.05, 4.69) is 26.9 Å². The SMILES string of the molecule is COC[C@H]1c2c(cnn2CC2CC2)CCN1Cc1ccc(C)o1. The Kier molecular flexibility index (Phi) is 3.99. The van der Waals surface area contributed by atoms with Gasteiger partial charge in [-0.25, -0.2) is 0 Å². The van der Waals surface area contributed by atoms with Gasteiger partial charge >= 0.3 is 0 Å². The maximum absolute atomic E-state index is 5.78. The smallest absolute Gasteiger partial charge is 0.118 e. The lowest BCUT2D eigenvalue weighted by atomic mass is 10.00. The molecule has 2 aromatic rings. The minimum Gasteiger partial charge on any atom is -0.465 e. The quantitative estimate of drug-likeness (QED) is 0.822. The summed E-state index contributed by atoms with van der Waals surface area (Å²) in [4.78, 5) is 2.47.